The van der Waals surface area contributed by atoms with Crippen LogP contribution < -0.4 is 4.90 Å². The summed E-state index contributed by atoms with van der Waals surface area (Å²) in [4.78, 5) is 18.6. The lowest BCUT2D eigenvalue weighted by atomic mass is 10.2. The third-order valence-electron chi connectivity index (χ3n) is 3.22. The lowest BCUT2D eigenvalue weighted by molar-refractivity contribution is 0.0993. The summed E-state index contributed by atoms with van der Waals surface area (Å²) < 4.78 is 0. The van der Waals surface area contributed by atoms with E-state index in [-0.39, 0.29) is 5.91 Å². The van der Waals surface area contributed by atoms with E-state index in [1.165, 1.54) is 11.3 Å². The van der Waals surface area contributed by atoms with Gasteiger partial charge in [-0.3, -0.25) is 9.69 Å². The second kappa shape index (κ2) is 6.30. The molecule has 0 unspecified atom stereocenters. The summed E-state index contributed by atoms with van der Waals surface area (Å²) in [5.41, 5.74) is 2.45. The Balaban J connectivity index is 1.85. The van der Waals surface area contributed by atoms with Gasteiger partial charge in [0.2, 0.25) is 0 Å². The molecule has 1 amide bonds. The molecule has 2 aromatic carbocycles. The summed E-state index contributed by atoms with van der Waals surface area (Å²) in [6.45, 7) is 0. The molecule has 0 aliphatic carbocycles. The van der Waals surface area contributed by atoms with Crippen LogP contribution in [0.25, 0.3) is 11.3 Å². The number of hydrogen-bond acceptors (Lipinski definition) is 3. The highest BCUT2D eigenvalue weighted by atomic mass is 35.5. The maximum Gasteiger partial charge on any atom is 0.259 e. The Labute approximate surface area is 137 Å². The molecule has 0 saturated carbocycles. The number of amides is 1. The van der Waals surface area contributed by atoms with Crippen LogP contribution in [0.5, 0.6) is 0 Å². The van der Waals surface area contributed by atoms with E-state index in [9.17, 15) is 4.79 Å². The first-order chi connectivity index (χ1) is 10.6. The first kappa shape index (κ1) is 14.8. The van der Waals surface area contributed by atoms with Crippen molar-refractivity contribution in [1.29, 1.82) is 0 Å². The van der Waals surface area contributed by atoms with Crippen LogP contribution in [0.3, 0.4) is 0 Å². The minimum Gasteiger partial charge on any atom is -0.287 e. The predicted octanol–water partition coefficient (Wildman–Crippen LogP) is 4.74. The molecule has 3 nitrogen and oxygen atoms in total. The number of benzene rings is 2. The van der Waals surface area contributed by atoms with Crippen molar-refractivity contribution < 1.29 is 4.79 Å². The Morgan fingerprint density at radius 2 is 1.91 bits per heavy atom. The molecule has 0 fully saturated rings. The third-order valence-corrected chi connectivity index (χ3v) is 4.38. The minimum atomic E-state index is -0.128. The number of thiazole rings is 1. The van der Waals surface area contributed by atoms with Crippen molar-refractivity contribution >= 4 is 34.0 Å². The fraction of sp³-hybridized carbons (Fsp3) is 0.0588. The van der Waals surface area contributed by atoms with Crippen molar-refractivity contribution in [2.75, 3.05) is 11.9 Å². The van der Waals surface area contributed by atoms with Gasteiger partial charge in [0.25, 0.3) is 5.91 Å². The van der Waals surface area contributed by atoms with Gasteiger partial charge in [-0.2, -0.15) is 0 Å². The SMILES string of the molecule is CN(C(=O)c1cccc(Cl)c1)c1nc(-c2ccccc2)cs1. The standard InChI is InChI=1S/C17H13ClN2OS/c1-20(16(21)13-8-5-9-14(18)10-13)17-19-15(11-22-17)12-6-3-2-4-7-12/h2-11H,1H3. The Morgan fingerprint density at radius 1 is 1.14 bits per heavy atom. The summed E-state index contributed by atoms with van der Waals surface area (Å²) in [7, 11) is 1.72. The van der Waals surface area contributed by atoms with Crippen LogP contribution >= 0.6 is 22.9 Å². The molecule has 0 saturated heterocycles. The summed E-state index contributed by atoms with van der Waals surface area (Å²) >= 11 is 7.38. The number of halogens is 1. The number of hydrogen-bond donors (Lipinski definition) is 0. The number of aromatic nitrogens is 1. The molecule has 0 spiro atoms. The van der Waals surface area contributed by atoms with Crippen molar-refractivity contribution in [3.05, 3.63) is 70.6 Å². The fourth-order valence-electron chi connectivity index (χ4n) is 2.06. The maximum absolute atomic E-state index is 12.5. The summed E-state index contributed by atoms with van der Waals surface area (Å²) in [5.74, 6) is -0.128. The molecule has 1 aromatic heterocycles. The van der Waals surface area contributed by atoms with Gasteiger partial charge in [0.1, 0.15) is 0 Å². The molecular weight excluding hydrogens is 316 g/mol. The van der Waals surface area contributed by atoms with Gasteiger partial charge in [-0.1, -0.05) is 48.0 Å². The molecule has 5 heteroatoms. The van der Waals surface area contributed by atoms with E-state index < -0.39 is 0 Å². The lowest BCUT2D eigenvalue weighted by Gasteiger charge is -2.13. The molecule has 0 atom stereocenters. The Bertz CT molecular complexity index is 801. The number of carbonyl (C=O) groups excluding carboxylic acids is 1. The minimum absolute atomic E-state index is 0.128. The van der Waals surface area contributed by atoms with Crippen molar-refractivity contribution in [2.24, 2.45) is 0 Å². The largest absolute Gasteiger partial charge is 0.287 e. The van der Waals surface area contributed by atoms with Gasteiger partial charge in [0.05, 0.1) is 5.69 Å². The van der Waals surface area contributed by atoms with E-state index >= 15 is 0 Å². The molecule has 110 valence electrons. The Hall–Kier alpha value is -2.17. The average Bonchev–Trinajstić information content (AvgIpc) is 3.04. The average molecular weight is 329 g/mol. The van der Waals surface area contributed by atoms with E-state index in [0.29, 0.717) is 15.7 Å². The first-order valence-corrected chi connectivity index (χ1v) is 7.95. The number of carbonyl (C=O) groups is 1. The Morgan fingerprint density at radius 3 is 2.64 bits per heavy atom. The maximum atomic E-state index is 12.5. The van der Waals surface area contributed by atoms with E-state index in [4.69, 9.17) is 11.6 Å². The van der Waals surface area contributed by atoms with Gasteiger partial charge in [-0.15, -0.1) is 11.3 Å². The Kier molecular flexibility index (Phi) is 4.22. The second-order valence-corrected chi connectivity index (χ2v) is 6.03. The number of anilines is 1. The monoisotopic (exact) mass is 328 g/mol. The van der Waals surface area contributed by atoms with Crippen LogP contribution in [-0.2, 0) is 0 Å². The molecule has 0 bridgehead atoms. The summed E-state index contributed by atoms with van der Waals surface area (Å²) in [6, 6.07) is 16.8. The van der Waals surface area contributed by atoms with Crippen LogP contribution in [-0.4, -0.2) is 17.9 Å². The van der Waals surface area contributed by atoms with Crippen LogP contribution in [0, 0.1) is 0 Å². The first-order valence-electron chi connectivity index (χ1n) is 6.70. The molecule has 3 aromatic rings. The topological polar surface area (TPSA) is 33.2 Å². The molecule has 0 aliphatic heterocycles. The van der Waals surface area contributed by atoms with Gasteiger partial charge < -0.3 is 0 Å². The van der Waals surface area contributed by atoms with E-state index in [1.54, 1.807) is 36.2 Å². The molecule has 0 N–H and O–H groups in total. The highest BCUT2D eigenvalue weighted by molar-refractivity contribution is 7.14. The molecule has 0 aliphatic rings. The third kappa shape index (κ3) is 3.03. The fourth-order valence-corrected chi connectivity index (χ4v) is 3.05. The van der Waals surface area contributed by atoms with Crippen molar-refractivity contribution in [3.63, 3.8) is 0 Å². The molecule has 0 radical (unpaired) electrons. The zero-order chi connectivity index (χ0) is 15.5. The normalized spacial score (nSPS) is 10.5. The molecule has 1 heterocycles. The van der Waals surface area contributed by atoms with Crippen LogP contribution in [0.4, 0.5) is 5.13 Å². The van der Waals surface area contributed by atoms with Gasteiger partial charge >= 0.3 is 0 Å². The van der Waals surface area contributed by atoms with Crippen molar-refractivity contribution in [3.8, 4) is 11.3 Å². The summed E-state index contributed by atoms with van der Waals surface area (Å²) in [6.07, 6.45) is 0. The smallest absolute Gasteiger partial charge is 0.259 e. The highest BCUT2D eigenvalue weighted by Gasteiger charge is 2.17. The lowest BCUT2D eigenvalue weighted by Crippen LogP contribution is -2.26. The predicted molar refractivity (Wildman–Crippen MR) is 91.7 cm³/mol. The van der Waals surface area contributed by atoms with Crippen molar-refractivity contribution in [2.45, 2.75) is 0 Å². The molecule has 3 rings (SSSR count). The zero-order valence-electron chi connectivity index (χ0n) is 11.9. The number of rotatable bonds is 3. The molecule has 22 heavy (non-hydrogen) atoms. The van der Waals surface area contributed by atoms with Crippen LogP contribution in [0.15, 0.2) is 60.0 Å². The van der Waals surface area contributed by atoms with Crippen molar-refractivity contribution in [1.82, 2.24) is 4.98 Å². The number of nitrogens with zero attached hydrogens (tertiary/aromatic N) is 2. The van der Waals surface area contributed by atoms with E-state index in [0.717, 1.165) is 11.3 Å². The van der Waals surface area contributed by atoms with Crippen LogP contribution in [0.1, 0.15) is 10.4 Å². The summed E-state index contributed by atoms with van der Waals surface area (Å²) in [5, 5.41) is 3.15. The quantitative estimate of drug-likeness (QED) is 0.695. The zero-order valence-corrected chi connectivity index (χ0v) is 13.4. The molecular formula is C17H13ClN2OS. The van der Waals surface area contributed by atoms with E-state index in [1.807, 2.05) is 35.7 Å². The van der Waals surface area contributed by atoms with Crippen LogP contribution in [0.2, 0.25) is 5.02 Å². The van der Waals surface area contributed by atoms with Gasteiger partial charge in [0, 0.05) is 28.6 Å². The second-order valence-electron chi connectivity index (χ2n) is 4.76. The van der Waals surface area contributed by atoms with Gasteiger partial charge in [0.15, 0.2) is 5.13 Å². The highest BCUT2D eigenvalue weighted by Crippen LogP contribution is 2.27. The van der Waals surface area contributed by atoms with Gasteiger partial charge in [-0.25, -0.2) is 4.98 Å². The van der Waals surface area contributed by atoms with Gasteiger partial charge in [-0.05, 0) is 18.2 Å². The van der Waals surface area contributed by atoms with E-state index in [2.05, 4.69) is 4.98 Å².